The summed E-state index contributed by atoms with van der Waals surface area (Å²) in [6, 6.07) is 8.82. The van der Waals surface area contributed by atoms with Gasteiger partial charge in [0.05, 0.1) is 27.9 Å². The van der Waals surface area contributed by atoms with E-state index in [2.05, 4.69) is 4.98 Å². The normalized spacial score (nSPS) is 21.6. The molecule has 8 nitrogen and oxygen atoms in total. The van der Waals surface area contributed by atoms with E-state index in [0.29, 0.717) is 66.8 Å². The molecule has 2 aliphatic rings. The molecule has 0 bridgehead atoms. The lowest BCUT2D eigenvalue weighted by atomic mass is 9.89. The lowest BCUT2D eigenvalue weighted by molar-refractivity contribution is 0.139. The van der Waals surface area contributed by atoms with E-state index in [9.17, 15) is 13.2 Å². The number of benzene rings is 1. The minimum absolute atomic E-state index is 0.00372. The van der Waals surface area contributed by atoms with E-state index in [0.717, 1.165) is 5.56 Å². The maximum absolute atomic E-state index is 13.3. The van der Waals surface area contributed by atoms with Crippen molar-refractivity contribution in [2.75, 3.05) is 52.1 Å². The van der Waals surface area contributed by atoms with Crippen molar-refractivity contribution in [2.24, 2.45) is 5.92 Å². The van der Waals surface area contributed by atoms with E-state index >= 15 is 0 Å². The van der Waals surface area contributed by atoms with Gasteiger partial charge in [-0.2, -0.15) is 4.31 Å². The lowest BCUT2D eigenvalue weighted by Gasteiger charge is -2.35. The molecule has 2 fully saturated rings. The Balaban J connectivity index is 1.48. The van der Waals surface area contributed by atoms with Crippen molar-refractivity contribution in [1.82, 2.24) is 19.1 Å². The molecule has 0 unspecified atom stereocenters. The molecule has 3 heterocycles. The molecular formula is C22H25Cl3N4O4S. The van der Waals surface area contributed by atoms with Gasteiger partial charge in [0.1, 0.15) is 0 Å². The number of urea groups is 1. The number of sulfonamides is 1. The third-order valence-corrected chi connectivity index (χ3v) is 8.47. The molecule has 0 radical (unpaired) electrons. The van der Waals surface area contributed by atoms with Gasteiger partial charge in [0, 0.05) is 63.4 Å². The number of carbonyl (C=O) groups is 1. The quantitative estimate of drug-likeness (QED) is 0.568. The van der Waals surface area contributed by atoms with E-state index in [1.807, 2.05) is 12.1 Å². The molecule has 184 valence electrons. The van der Waals surface area contributed by atoms with Gasteiger partial charge in [0.25, 0.3) is 0 Å². The summed E-state index contributed by atoms with van der Waals surface area (Å²) >= 11 is 18.3. The predicted molar refractivity (Wildman–Crippen MR) is 132 cm³/mol. The Kier molecular flexibility index (Phi) is 7.79. The van der Waals surface area contributed by atoms with Gasteiger partial charge < -0.3 is 14.5 Å². The highest BCUT2D eigenvalue weighted by Crippen LogP contribution is 2.36. The Labute approximate surface area is 214 Å². The van der Waals surface area contributed by atoms with Crippen LogP contribution in [0, 0.1) is 5.92 Å². The number of hydrogen-bond donors (Lipinski definition) is 0. The van der Waals surface area contributed by atoms with Gasteiger partial charge in [-0.1, -0.05) is 40.9 Å². The summed E-state index contributed by atoms with van der Waals surface area (Å²) in [6.45, 7) is 2.64. The van der Waals surface area contributed by atoms with Crippen LogP contribution in [0.4, 0.5) is 4.79 Å². The van der Waals surface area contributed by atoms with Crippen LogP contribution in [0.1, 0.15) is 11.5 Å². The summed E-state index contributed by atoms with van der Waals surface area (Å²) in [5, 5.41) is 1.45. The highest BCUT2D eigenvalue weighted by atomic mass is 35.5. The summed E-state index contributed by atoms with van der Waals surface area (Å²) in [6.07, 6.45) is 2.71. The molecule has 2 aliphatic heterocycles. The summed E-state index contributed by atoms with van der Waals surface area (Å²) in [5.41, 5.74) is 0.976. The van der Waals surface area contributed by atoms with Crippen LogP contribution < -0.4 is 4.74 Å². The van der Waals surface area contributed by atoms with Gasteiger partial charge in [-0.25, -0.2) is 18.2 Å². The third-order valence-electron chi connectivity index (χ3n) is 6.21. The van der Waals surface area contributed by atoms with Crippen LogP contribution in [-0.4, -0.2) is 85.7 Å². The first-order valence-corrected chi connectivity index (χ1v) is 13.8. The van der Waals surface area contributed by atoms with Crippen molar-refractivity contribution in [3.05, 3.63) is 57.2 Å². The molecule has 34 heavy (non-hydrogen) atoms. The first-order chi connectivity index (χ1) is 16.1. The van der Waals surface area contributed by atoms with Crippen molar-refractivity contribution >= 4 is 50.9 Å². The topological polar surface area (TPSA) is 83.1 Å². The number of piperazine rings is 1. The average molecular weight is 548 g/mol. The van der Waals surface area contributed by atoms with Gasteiger partial charge in [-0.3, -0.25) is 0 Å². The van der Waals surface area contributed by atoms with Gasteiger partial charge in [-0.15, -0.1) is 0 Å². The third kappa shape index (κ3) is 5.88. The van der Waals surface area contributed by atoms with Gasteiger partial charge in [-0.05, 0) is 23.8 Å². The monoisotopic (exact) mass is 546 g/mol. The molecule has 0 saturated carbocycles. The van der Waals surface area contributed by atoms with Crippen LogP contribution in [0.2, 0.25) is 15.1 Å². The Hall–Kier alpha value is -1.78. The predicted octanol–water partition coefficient (Wildman–Crippen LogP) is 3.83. The first-order valence-electron chi connectivity index (χ1n) is 10.8. The molecule has 2 amide bonds. The fraction of sp³-hybridized carbons (Fsp3) is 0.455. The highest BCUT2D eigenvalue weighted by Gasteiger charge is 2.39. The molecule has 1 aromatic heterocycles. The molecule has 0 spiro atoms. The number of nitrogens with zero attached hydrogens (tertiary/aromatic N) is 4. The maximum Gasteiger partial charge on any atom is 0.320 e. The van der Waals surface area contributed by atoms with Crippen LogP contribution in [0.25, 0.3) is 0 Å². The Bertz CT molecular complexity index is 1140. The van der Waals surface area contributed by atoms with Crippen LogP contribution in [0.15, 0.2) is 36.5 Å². The SMILES string of the molecule is CS(=O)(=O)N1CCN(C(=O)N2C[C@@H](COc3ccc(Cl)cn3)[C@@H](c3ccc(Cl)c(Cl)c3)C2)CC1. The number of pyridine rings is 1. The van der Waals surface area contributed by atoms with E-state index in [4.69, 9.17) is 39.5 Å². The van der Waals surface area contributed by atoms with Crippen LogP contribution in [0.5, 0.6) is 5.88 Å². The van der Waals surface area contributed by atoms with Crippen LogP contribution in [0.3, 0.4) is 0 Å². The number of rotatable bonds is 5. The number of aromatic nitrogens is 1. The molecular weight excluding hydrogens is 523 g/mol. The van der Waals surface area contributed by atoms with E-state index < -0.39 is 10.0 Å². The number of carbonyl (C=O) groups excluding carboxylic acids is 1. The molecule has 2 aromatic rings. The molecule has 2 atom stereocenters. The summed E-state index contributed by atoms with van der Waals surface area (Å²) in [7, 11) is -3.26. The molecule has 12 heteroatoms. The van der Waals surface area contributed by atoms with Crippen molar-refractivity contribution in [2.45, 2.75) is 5.92 Å². The zero-order chi connectivity index (χ0) is 24.5. The second kappa shape index (κ2) is 10.5. The number of ether oxygens (including phenoxy) is 1. The number of amides is 2. The van der Waals surface area contributed by atoms with Gasteiger partial charge in [0.15, 0.2) is 0 Å². The summed E-state index contributed by atoms with van der Waals surface area (Å²) in [4.78, 5) is 21.0. The molecule has 0 aliphatic carbocycles. The second-order valence-electron chi connectivity index (χ2n) is 8.50. The van der Waals surface area contributed by atoms with Crippen molar-refractivity contribution in [1.29, 1.82) is 0 Å². The Morgan fingerprint density at radius 3 is 2.38 bits per heavy atom. The minimum atomic E-state index is -3.26. The molecule has 1 aromatic carbocycles. The van der Waals surface area contributed by atoms with Gasteiger partial charge in [0.2, 0.25) is 15.9 Å². The van der Waals surface area contributed by atoms with E-state index in [-0.39, 0.29) is 17.9 Å². The van der Waals surface area contributed by atoms with Crippen LogP contribution >= 0.6 is 34.8 Å². The number of halogens is 3. The minimum Gasteiger partial charge on any atom is -0.477 e. The van der Waals surface area contributed by atoms with Crippen molar-refractivity contribution in [3.63, 3.8) is 0 Å². The highest BCUT2D eigenvalue weighted by molar-refractivity contribution is 7.88. The van der Waals surface area contributed by atoms with Crippen molar-refractivity contribution in [3.8, 4) is 5.88 Å². The lowest BCUT2D eigenvalue weighted by Crippen LogP contribution is -2.53. The smallest absolute Gasteiger partial charge is 0.320 e. The van der Waals surface area contributed by atoms with Gasteiger partial charge >= 0.3 is 6.03 Å². The number of hydrogen-bond acceptors (Lipinski definition) is 5. The first kappa shape index (κ1) is 25.3. The fourth-order valence-electron chi connectivity index (χ4n) is 4.37. The summed E-state index contributed by atoms with van der Waals surface area (Å²) < 4.78 is 30.9. The average Bonchev–Trinajstić information content (AvgIpc) is 3.24. The zero-order valence-corrected chi connectivity index (χ0v) is 21.6. The van der Waals surface area contributed by atoms with E-state index in [1.165, 1.54) is 16.8 Å². The van der Waals surface area contributed by atoms with Crippen molar-refractivity contribution < 1.29 is 17.9 Å². The van der Waals surface area contributed by atoms with Crippen LogP contribution in [-0.2, 0) is 10.0 Å². The second-order valence-corrected chi connectivity index (χ2v) is 11.7. The number of likely N-dealkylation sites (tertiary alicyclic amines) is 1. The Morgan fingerprint density at radius 1 is 1.03 bits per heavy atom. The largest absolute Gasteiger partial charge is 0.477 e. The summed E-state index contributed by atoms with van der Waals surface area (Å²) in [5.74, 6) is 0.443. The molecule has 4 rings (SSSR count). The fourth-order valence-corrected chi connectivity index (χ4v) is 5.61. The Morgan fingerprint density at radius 2 is 1.76 bits per heavy atom. The molecule has 2 saturated heterocycles. The zero-order valence-electron chi connectivity index (χ0n) is 18.5. The molecule has 0 N–H and O–H groups in total. The standard InChI is InChI=1S/C22H25Cl3N4O4S/c1-34(31,32)29-8-6-27(7-9-29)22(30)28-12-16(14-33-21-5-3-17(23)11-26-21)18(13-28)15-2-4-19(24)20(25)10-15/h2-5,10-11,16,18H,6-9,12-14H2,1H3/t16-,18+/m0/s1. The van der Waals surface area contributed by atoms with E-state index in [1.54, 1.807) is 28.0 Å². The maximum atomic E-state index is 13.3.